The molecule has 1 aromatic rings. The summed E-state index contributed by atoms with van der Waals surface area (Å²) in [6.45, 7) is 13.7. The van der Waals surface area contributed by atoms with Gasteiger partial charge >= 0.3 is 0 Å². The van der Waals surface area contributed by atoms with Crippen molar-refractivity contribution in [1.29, 1.82) is 0 Å². The van der Waals surface area contributed by atoms with Crippen molar-refractivity contribution in [1.82, 2.24) is 5.32 Å². The van der Waals surface area contributed by atoms with E-state index < -0.39 is 0 Å². The van der Waals surface area contributed by atoms with Gasteiger partial charge in [0, 0.05) is 48.6 Å². The number of benzene rings is 1. The monoisotopic (exact) mass is 287 g/mol. The quantitative estimate of drug-likeness (QED) is 0.901. The zero-order valence-electron chi connectivity index (χ0n) is 13.9. The van der Waals surface area contributed by atoms with Crippen molar-refractivity contribution in [2.24, 2.45) is 0 Å². The number of nitrogens with zero attached hydrogens (tertiary/aromatic N) is 2. The summed E-state index contributed by atoms with van der Waals surface area (Å²) in [5, 5.41) is 3.74. The van der Waals surface area contributed by atoms with Crippen LogP contribution in [0.2, 0.25) is 0 Å². The summed E-state index contributed by atoms with van der Waals surface area (Å²) in [5.41, 5.74) is 3.02. The van der Waals surface area contributed by atoms with Crippen LogP contribution in [0.25, 0.3) is 0 Å². The lowest BCUT2D eigenvalue weighted by molar-refractivity contribution is 0.226. The lowest BCUT2D eigenvalue weighted by Gasteiger charge is -2.49. The van der Waals surface area contributed by atoms with Crippen LogP contribution in [0, 0.1) is 0 Å². The highest BCUT2D eigenvalue weighted by Crippen LogP contribution is 2.28. The Bertz CT molecular complexity index is 468. The molecule has 3 nitrogen and oxygen atoms in total. The Morgan fingerprint density at radius 1 is 0.762 bits per heavy atom. The second-order valence-electron chi connectivity index (χ2n) is 7.96. The number of piperazine rings is 1. The molecule has 0 unspecified atom stereocenters. The number of anilines is 2. The highest BCUT2D eigenvalue weighted by Gasteiger charge is 2.36. The van der Waals surface area contributed by atoms with E-state index in [1.54, 1.807) is 0 Å². The van der Waals surface area contributed by atoms with Crippen molar-refractivity contribution in [3.63, 3.8) is 0 Å². The third-order valence-corrected chi connectivity index (χ3v) is 4.54. The zero-order valence-corrected chi connectivity index (χ0v) is 13.9. The Kier molecular flexibility index (Phi) is 3.64. The van der Waals surface area contributed by atoms with Crippen molar-refractivity contribution < 1.29 is 0 Å². The molecule has 0 spiro atoms. The summed E-state index contributed by atoms with van der Waals surface area (Å²) in [5.74, 6) is 0. The molecule has 0 radical (unpaired) electrons. The van der Waals surface area contributed by atoms with Crippen LogP contribution in [-0.2, 0) is 0 Å². The van der Waals surface area contributed by atoms with Gasteiger partial charge in [0.05, 0.1) is 0 Å². The van der Waals surface area contributed by atoms with Gasteiger partial charge < -0.3 is 15.1 Å². The Balaban J connectivity index is 1.76. The van der Waals surface area contributed by atoms with Gasteiger partial charge in [0.25, 0.3) is 0 Å². The summed E-state index contributed by atoms with van der Waals surface area (Å²) < 4.78 is 0. The molecule has 0 bridgehead atoms. The lowest BCUT2D eigenvalue weighted by atomic mass is 9.91. The maximum atomic E-state index is 3.74. The summed E-state index contributed by atoms with van der Waals surface area (Å²) in [6.07, 6.45) is 2.67. The first kappa shape index (κ1) is 14.7. The fourth-order valence-corrected chi connectivity index (χ4v) is 4.04. The van der Waals surface area contributed by atoms with Crippen LogP contribution in [0.5, 0.6) is 0 Å². The zero-order chi connectivity index (χ0) is 15.1. The fourth-order valence-electron chi connectivity index (χ4n) is 4.04. The van der Waals surface area contributed by atoms with Gasteiger partial charge in [0.2, 0.25) is 0 Å². The Hall–Kier alpha value is -1.22. The van der Waals surface area contributed by atoms with E-state index in [1.165, 1.54) is 37.3 Å². The van der Waals surface area contributed by atoms with Gasteiger partial charge in [-0.15, -0.1) is 0 Å². The van der Waals surface area contributed by atoms with Crippen molar-refractivity contribution in [2.45, 2.75) is 51.6 Å². The van der Waals surface area contributed by atoms with E-state index in [0.29, 0.717) is 0 Å². The van der Waals surface area contributed by atoms with E-state index in [-0.39, 0.29) is 11.1 Å². The highest BCUT2D eigenvalue weighted by atomic mass is 15.3. The first-order valence-electron chi connectivity index (χ1n) is 8.24. The van der Waals surface area contributed by atoms with Gasteiger partial charge in [-0.05, 0) is 64.8 Å². The van der Waals surface area contributed by atoms with E-state index in [9.17, 15) is 0 Å². The SMILES string of the molecule is CC1(C)CN(c2ccc(N3CCCC3)cc2)CC(C)(C)N1. The molecule has 116 valence electrons. The number of hydrogen-bond donors (Lipinski definition) is 1. The minimum absolute atomic E-state index is 0.148. The minimum atomic E-state index is 0.148. The van der Waals surface area contributed by atoms with Gasteiger partial charge in [-0.3, -0.25) is 0 Å². The second-order valence-corrected chi connectivity index (χ2v) is 7.96. The first-order chi connectivity index (χ1) is 9.85. The third kappa shape index (κ3) is 3.34. The molecule has 2 saturated heterocycles. The molecule has 2 fully saturated rings. The molecule has 0 atom stereocenters. The molecule has 2 heterocycles. The van der Waals surface area contributed by atoms with Crippen LogP contribution in [0.15, 0.2) is 24.3 Å². The standard InChI is InChI=1S/C18H29N3/c1-17(2)13-21(14-18(3,4)19-17)16-9-7-15(8-10-16)20-11-5-6-12-20/h7-10,19H,5-6,11-14H2,1-4H3. The van der Waals surface area contributed by atoms with Crippen LogP contribution < -0.4 is 15.1 Å². The number of nitrogens with one attached hydrogen (secondary N) is 1. The summed E-state index contributed by atoms with van der Waals surface area (Å²) in [6, 6.07) is 9.18. The van der Waals surface area contributed by atoms with Gasteiger partial charge in [0.1, 0.15) is 0 Å². The van der Waals surface area contributed by atoms with E-state index in [4.69, 9.17) is 0 Å². The van der Waals surface area contributed by atoms with Gasteiger partial charge in [-0.25, -0.2) is 0 Å². The summed E-state index contributed by atoms with van der Waals surface area (Å²) >= 11 is 0. The predicted molar refractivity (Wildman–Crippen MR) is 91.4 cm³/mol. The molecule has 2 aliphatic heterocycles. The summed E-state index contributed by atoms with van der Waals surface area (Å²) in [4.78, 5) is 5.01. The fraction of sp³-hybridized carbons (Fsp3) is 0.667. The van der Waals surface area contributed by atoms with Crippen molar-refractivity contribution in [2.75, 3.05) is 36.0 Å². The average molecular weight is 287 g/mol. The van der Waals surface area contributed by atoms with Gasteiger partial charge in [0.15, 0.2) is 0 Å². The Morgan fingerprint density at radius 2 is 1.19 bits per heavy atom. The molecule has 1 N–H and O–H groups in total. The van der Waals surface area contributed by atoms with Crippen molar-refractivity contribution in [3.05, 3.63) is 24.3 Å². The van der Waals surface area contributed by atoms with Crippen LogP contribution >= 0.6 is 0 Å². The average Bonchev–Trinajstić information content (AvgIpc) is 2.89. The predicted octanol–water partition coefficient (Wildman–Crippen LogP) is 3.25. The lowest BCUT2D eigenvalue weighted by Crippen LogP contribution is -2.66. The molecule has 2 aliphatic rings. The van der Waals surface area contributed by atoms with E-state index in [1.807, 2.05) is 0 Å². The maximum Gasteiger partial charge on any atom is 0.0368 e. The van der Waals surface area contributed by atoms with Crippen LogP contribution in [-0.4, -0.2) is 37.3 Å². The largest absolute Gasteiger partial charge is 0.372 e. The van der Waals surface area contributed by atoms with Crippen molar-refractivity contribution >= 4 is 11.4 Å². The molecule has 0 aliphatic carbocycles. The maximum absolute atomic E-state index is 3.74. The molecule has 21 heavy (non-hydrogen) atoms. The molecule has 1 aromatic carbocycles. The molecule has 3 heteroatoms. The molecule has 0 amide bonds. The van der Waals surface area contributed by atoms with Crippen LogP contribution in [0.1, 0.15) is 40.5 Å². The number of rotatable bonds is 2. The molecule has 0 aromatic heterocycles. The van der Waals surface area contributed by atoms with Crippen LogP contribution in [0.4, 0.5) is 11.4 Å². The van der Waals surface area contributed by atoms with E-state index in [0.717, 1.165) is 13.1 Å². The topological polar surface area (TPSA) is 18.5 Å². The number of hydrogen-bond acceptors (Lipinski definition) is 3. The van der Waals surface area contributed by atoms with E-state index >= 15 is 0 Å². The molecular weight excluding hydrogens is 258 g/mol. The minimum Gasteiger partial charge on any atom is -0.372 e. The summed E-state index contributed by atoms with van der Waals surface area (Å²) in [7, 11) is 0. The second kappa shape index (κ2) is 5.20. The van der Waals surface area contributed by atoms with Crippen molar-refractivity contribution in [3.8, 4) is 0 Å². The first-order valence-corrected chi connectivity index (χ1v) is 8.24. The Morgan fingerprint density at radius 3 is 1.67 bits per heavy atom. The molecule has 3 rings (SSSR count). The third-order valence-electron chi connectivity index (χ3n) is 4.54. The smallest absolute Gasteiger partial charge is 0.0368 e. The Labute approximate surface area is 129 Å². The van der Waals surface area contributed by atoms with Gasteiger partial charge in [-0.1, -0.05) is 0 Å². The normalized spacial score (nSPS) is 24.4. The molecule has 0 saturated carbocycles. The highest BCUT2D eigenvalue weighted by molar-refractivity contribution is 5.57. The van der Waals surface area contributed by atoms with Gasteiger partial charge in [-0.2, -0.15) is 0 Å². The van der Waals surface area contributed by atoms with E-state index in [2.05, 4.69) is 67.1 Å². The van der Waals surface area contributed by atoms with Crippen LogP contribution in [0.3, 0.4) is 0 Å². The molecular formula is C18H29N3.